The predicted molar refractivity (Wildman–Crippen MR) is 109 cm³/mol. The van der Waals surface area contributed by atoms with Crippen molar-refractivity contribution in [1.82, 2.24) is 14.7 Å². The molecule has 0 N–H and O–H groups in total. The summed E-state index contributed by atoms with van der Waals surface area (Å²) >= 11 is 0. The summed E-state index contributed by atoms with van der Waals surface area (Å²) in [6, 6.07) is 9.61. The average molecular weight is 388 g/mol. The van der Waals surface area contributed by atoms with Gasteiger partial charge in [-0.25, -0.2) is 4.79 Å². The summed E-state index contributed by atoms with van der Waals surface area (Å²) in [5, 5.41) is 0. The quantitative estimate of drug-likeness (QED) is 0.508. The van der Waals surface area contributed by atoms with Crippen LogP contribution in [0.1, 0.15) is 38.7 Å². The third kappa shape index (κ3) is 4.23. The molecule has 28 heavy (non-hydrogen) atoms. The second-order valence-corrected chi connectivity index (χ2v) is 8.38. The van der Waals surface area contributed by atoms with Crippen molar-refractivity contribution in [2.24, 2.45) is 5.92 Å². The van der Waals surface area contributed by atoms with Crippen LogP contribution in [0.4, 0.5) is 4.79 Å². The lowest BCUT2D eigenvalue weighted by atomic mass is 9.85. The third-order valence-corrected chi connectivity index (χ3v) is 5.84. The molecule has 6 nitrogen and oxygen atoms in total. The zero-order chi connectivity index (χ0) is 20.1. The molecule has 2 aliphatic rings. The molecule has 3 rings (SSSR count). The van der Waals surface area contributed by atoms with E-state index in [2.05, 4.69) is 18.7 Å². The second kappa shape index (κ2) is 9.05. The van der Waals surface area contributed by atoms with Gasteiger partial charge in [0.2, 0.25) is 0 Å². The summed E-state index contributed by atoms with van der Waals surface area (Å²) in [5.74, 6) is 0.574. The van der Waals surface area contributed by atoms with Gasteiger partial charge in [0, 0.05) is 39.9 Å². The van der Waals surface area contributed by atoms with Crippen molar-refractivity contribution >= 4 is 11.9 Å². The number of hydrogen-bond donors (Lipinski definition) is 0. The van der Waals surface area contributed by atoms with Gasteiger partial charge in [-0.05, 0) is 30.7 Å². The number of likely N-dealkylation sites (tertiary alicyclic amines) is 1. The van der Waals surface area contributed by atoms with Crippen LogP contribution in [0.15, 0.2) is 30.3 Å². The van der Waals surface area contributed by atoms with Gasteiger partial charge >= 0.3 is 6.03 Å². The lowest BCUT2D eigenvalue weighted by Gasteiger charge is -2.42. The van der Waals surface area contributed by atoms with Gasteiger partial charge in [-0.3, -0.25) is 9.69 Å². The van der Waals surface area contributed by atoms with Gasteiger partial charge in [0.25, 0.3) is 5.91 Å². The smallest absolute Gasteiger partial charge is 0.327 e. The first-order valence-corrected chi connectivity index (χ1v) is 10.4. The Morgan fingerprint density at radius 2 is 1.79 bits per heavy atom. The Bertz CT molecular complexity index is 669. The maximum Gasteiger partial charge on any atom is 0.327 e. The number of nitrogens with zero attached hydrogens (tertiary/aromatic N) is 3. The highest BCUT2D eigenvalue weighted by Gasteiger charge is 2.57. The lowest BCUT2D eigenvalue weighted by molar-refractivity contribution is -0.136. The molecule has 1 aromatic rings. The standard InChI is InChI=1S/C22H33N3O3/c1-18(2)16-23-13-10-22(11-14-23)20(26)24(17-19-8-5-4-6-9-19)21(27)25(22)12-7-15-28-3/h4-6,8-9,18H,7,10-17H2,1-3H3. The molecular weight excluding hydrogens is 354 g/mol. The predicted octanol–water partition coefficient (Wildman–Crippen LogP) is 2.98. The molecule has 0 aliphatic carbocycles. The molecule has 0 atom stereocenters. The maximum absolute atomic E-state index is 13.5. The van der Waals surface area contributed by atoms with Gasteiger partial charge in [-0.1, -0.05) is 44.2 Å². The number of amides is 3. The third-order valence-electron chi connectivity index (χ3n) is 5.84. The Hall–Kier alpha value is -1.92. The van der Waals surface area contributed by atoms with Crippen LogP contribution in [0.3, 0.4) is 0 Å². The molecule has 154 valence electrons. The zero-order valence-corrected chi connectivity index (χ0v) is 17.4. The molecule has 2 fully saturated rings. The fourth-order valence-electron chi connectivity index (χ4n) is 4.47. The number of piperidine rings is 1. The van der Waals surface area contributed by atoms with E-state index in [1.54, 1.807) is 7.11 Å². The molecule has 2 heterocycles. The van der Waals surface area contributed by atoms with Crippen LogP contribution in [-0.4, -0.2) is 72.1 Å². The average Bonchev–Trinajstić information content (AvgIpc) is 2.87. The molecule has 0 aromatic heterocycles. The van der Waals surface area contributed by atoms with Gasteiger partial charge < -0.3 is 14.5 Å². The topological polar surface area (TPSA) is 53.1 Å². The van der Waals surface area contributed by atoms with Crippen LogP contribution >= 0.6 is 0 Å². The summed E-state index contributed by atoms with van der Waals surface area (Å²) < 4.78 is 5.18. The monoisotopic (exact) mass is 387 g/mol. The summed E-state index contributed by atoms with van der Waals surface area (Å²) in [6.45, 7) is 8.68. The van der Waals surface area contributed by atoms with Crippen molar-refractivity contribution in [2.45, 2.75) is 45.2 Å². The van der Waals surface area contributed by atoms with Crippen molar-refractivity contribution in [3.05, 3.63) is 35.9 Å². The molecule has 2 saturated heterocycles. The van der Waals surface area contributed by atoms with Gasteiger partial charge in [0.15, 0.2) is 0 Å². The van der Waals surface area contributed by atoms with Gasteiger partial charge in [0.1, 0.15) is 5.54 Å². The van der Waals surface area contributed by atoms with E-state index in [4.69, 9.17) is 4.74 Å². The molecule has 1 aromatic carbocycles. The van der Waals surface area contributed by atoms with E-state index in [0.29, 0.717) is 38.5 Å². The van der Waals surface area contributed by atoms with E-state index >= 15 is 0 Å². The van der Waals surface area contributed by atoms with E-state index in [9.17, 15) is 9.59 Å². The van der Waals surface area contributed by atoms with Crippen LogP contribution in [0.5, 0.6) is 0 Å². The van der Waals surface area contributed by atoms with E-state index < -0.39 is 5.54 Å². The number of hydrogen-bond acceptors (Lipinski definition) is 4. The van der Waals surface area contributed by atoms with Crippen molar-refractivity contribution < 1.29 is 14.3 Å². The highest BCUT2D eigenvalue weighted by Crippen LogP contribution is 2.38. The van der Waals surface area contributed by atoms with E-state index in [-0.39, 0.29) is 11.9 Å². The second-order valence-electron chi connectivity index (χ2n) is 8.38. The van der Waals surface area contributed by atoms with Crippen LogP contribution in [-0.2, 0) is 16.1 Å². The van der Waals surface area contributed by atoms with E-state index in [1.807, 2.05) is 35.2 Å². The molecule has 3 amide bonds. The van der Waals surface area contributed by atoms with Gasteiger partial charge in [0.05, 0.1) is 6.54 Å². The summed E-state index contributed by atoms with van der Waals surface area (Å²) in [6.07, 6.45) is 2.16. The number of carbonyl (C=O) groups is 2. The summed E-state index contributed by atoms with van der Waals surface area (Å²) in [4.78, 5) is 32.4. The normalized spacial score (nSPS) is 20.0. The SMILES string of the molecule is COCCCN1C(=O)N(Cc2ccccc2)C(=O)C12CCN(CC(C)C)CC2. The molecular formula is C22H33N3O3. The number of rotatable bonds is 8. The number of methoxy groups -OCH3 is 1. The van der Waals surface area contributed by atoms with Crippen molar-refractivity contribution in [3.8, 4) is 0 Å². The van der Waals surface area contributed by atoms with Crippen LogP contribution in [0.2, 0.25) is 0 Å². The zero-order valence-electron chi connectivity index (χ0n) is 17.4. The molecule has 1 spiro atoms. The van der Waals surface area contributed by atoms with Crippen LogP contribution < -0.4 is 0 Å². The minimum atomic E-state index is -0.687. The number of urea groups is 1. The number of ether oxygens (including phenoxy) is 1. The summed E-state index contributed by atoms with van der Waals surface area (Å²) in [5.41, 5.74) is 0.294. The van der Waals surface area contributed by atoms with Crippen molar-refractivity contribution in [1.29, 1.82) is 0 Å². The Labute approximate surface area is 168 Å². The fourth-order valence-corrected chi connectivity index (χ4v) is 4.47. The highest BCUT2D eigenvalue weighted by molar-refractivity contribution is 6.07. The highest BCUT2D eigenvalue weighted by atomic mass is 16.5. The van der Waals surface area contributed by atoms with Crippen LogP contribution in [0, 0.1) is 5.92 Å². The Balaban J connectivity index is 1.79. The number of benzene rings is 1. The first-order valence-electron chi connectivity index (χ1n) is 10.4. The van der Waals surface area contributed by atoms with Crippen molar-refractivity contribution in [3.63, 3.8) is 0 Å². The maximum atomic E-state index is 13.5. The minimum absolute atomic E-state index is 0.0250. The van der Waals surface area contributed by atoms with E-state index in [1.165, 1.54) is 4.90 Å². The fraction of sp³-hybridized carbons (Fsp3) is 0.636. The van der Waals surface area contributed by atoms with Gasteiger partial charge in [-0.15, -0.1) is 0 Å². The largest absolute Gasteiger partial charge is 0.385 e. The lowest BCUT2D eigenvalue weighted by Crippen LogP contribution is -2.57. The molecule has 0 unspecified atom stereocenters. The minimum Gasteiger partial charge on any atom is -0.385 e. The molecule has 2 aliphatic heterocycles. The first kappa shape index (κ1) is 20.8. The first-order chi connectivity index (χ1) is 13.5. The number of imide groups is 1. The number of carbonyl (C=O) groups excluding carboxylic acids is 2. The summed E-state index contributed by atoms with van der Waals surface area (Å²) in [7, 11) is 1.67. The Morgan fingerprint density at radius 3 is 2.39 bits per heavy atom. The molecule has 6 heteroatoms. The molecule has 0 bridgehead atoms. The van der Waals surface area contributed by atoms with Crippen molar-refractivity contribution in [2.75, 3.05) is 39.9 Å². The van der Waals surface area contributed by atoms with Crippen LogP contribution in [0.25, 0.3) is 0 Å². The van der Waals surface area contributed by atoms with Gasteiger partial charge in [-0.2, -0.15) is 0 Å². The Morgan fingerprint density at radius 1 is 1.11 bits per heavy atom. The Kier molecular flexibility index (Phi) is 6.73. The van der Waals surface area contributed by atoms with E-state index in [0.717, 1.165) is 31.6 Å². The molecule has 0 saturated carbocycles. The molecule has 0 radical (unpaired) electrons.